The number of nitrogens with zero attached hydrogens (tertiary/aromatic N) is 2. The molecule has 0 aliphatic heterocycles. The minimum absolute atomic E-state index is 0.0800. The van der Waals surface area contributed by atoms with Crippen molar-refractivity contribution in [2.75, 3.05) is 7.11 Å². The molecule has 0 fully saturated rings. The maximum atomic E-state index is 13.0. The molecule has 1 aromatic carbocycles. The van der Waals surface area contributed by atoms with Crippen LogP contribution in [0.4, 0.5) is 13.2 Å². The summed E-state index contributed by atoms with van der Waals surface area (Å²) in [4.78, 5) is 21.1. The summed E-state index contributed by atoms with van der Waals surface area (Å²) in [6, 6.07) is 5.36. The number of fused-ring (bicyclic) bond motifs is 1. The number of aromatic nitrogens is 2. The molecular weight excluding hydrogens is 459 g/mol. The molecule has 1 unspecified atom stereocenters. The van der Waals surface area contributed by atoms with Gasteiger partial charge >= 0.3 is 6.18 Å². The minimum atomic E-state index is -4.53. The summed E-state index contributed by atoms with van der Waals surface area (Å²) in [7, 11) is 1.47. The van der Waals surface area contributed by atoms with Crippen molar-refractivity contribution in [3.05, 3.63) is 64.1 Å². The first-order valence-electron chi connectivity index (χ1n) is 10.4. The molecule has 1 amide bonds. The van der Waals surface area contributed by atoms with Gasteiger partial charge in [-0.1, -0.05) is 31.5 Å². The van der Waals surface area contributed by atoms with Gasteiger partial charge in [0, 0.05) is 11.6 Å². The number of pyridine rings is 1. The summed E-state index contributed by atoms with van der Waals surface area (Å²) in [5.41, 5.74) is 0.199. The summed E-state index contributed by atoms with van der Waals surface area (Å²) >= 11 is 6.22. The van der Waals surface area contributed by atoms with Crippen molar-refractivity contribution in [1.29, 1.82) is 0 Å². The van der Waals surface area contributed by atoms with E-state index in [0.717, 1.165) is 18.6 Å². The zero-order chi connectivity index (χ0) is 24.2. The van der Waals surface area contributed by atoms with E-state index in [9.17, 15) is 18.0 Å². The van der Waals surface area contributed by atoms with Gasteiger partial charge in [-0.05, 0) is 37.5 Å². The number of aryl methyl sites for hydroxylation is 1. The molecule has 0 spiro atoms. The van der Waals surface area contributed by atoms with Crippen LogP contribution in [0.3, 0.4) is 0 Å². The average Bonchev–Trinajstić information content (AvgIpc) is 3.25. The van der Waals surface area contributed by atoms with Crippen molar-refractivity contribution in [3.63, 3.8) is 0 Å². The second-order valence-electron chi connectivity index (χ2n) is 7.03. The second-order valence-corrected chi connectivity index (χ2v) is 7.44. The number of ether oxygens (including phenoxy) is 1. The lowest BCUT2D eigenvalue weighted by atomic mass is 9.96. The number of hydrogen-bond donors (Lipinski definition) is 1. The molecule has 0 bridgehead atoms. The molecule has 2 aromatic heterocycles. The van der Waals surface area contributed by atoms with E-state index in [1.165, 1.54) is 25.4 Å². The first-order chi connectivity index (χ1) is 15.8. The molecule has 0 saturated heterocycles. The number of amides is 1. The molecule has 10 heteroatoms. The largest absolute Gasteiger partial charge is 0.481 e. The Bertz CT molecular complexity index is 1130. The average molecular weight is 482 g/mol. The van der Waals surface area contributed by atoms with Crippen molar-refractivity contribution < 1.29 is 27.1 Å². The zero-order valence-electron chi connectivity index (χ0n) is 18.3. The van der Waals surface area contributed by atoms with E-state index in [2.05, 4.69) is 15.3 Å². The molecule has 0 radical (unpaired) electrons. The number of oxazole rings is 1. The number of carbonyl (C=O) groups is 1. The van der Waals surface area contributed by atoms with Gasteiger partial charge in [0.15, 0.2) is 0 Å². The number of halogens is 4. The Hall–Kier alpha value is -3.07. The molecule has 0 saturated carbocycles. The highest BCUT2D eigenvalue weighted by Gasteiger charge is 2.32. The van der Waals surface area contributed by atoms with Gasteiger partial charge in [0.25, 0.3) is 5.91 Å². The van der Waals surface area contributed by atoms with Gasteiger partial charge in [-0.2, -0.15) is 13.2 Å². The maximum Gasteiger partial charge on any atom is 0.416 e. The van der Waals surface area contributed by atoms with Crippen LogP contribution in [-0.2, 0) is 12.6 Å². The minimum Gasteiger partial charge on any atom is -0.481 e. The Morgan fingerprint density at radius 2 is 2.03 bits per heavy atom. The molecule has 1 N–H and O–H groups in total. The summed E-state index contributed by atoms with van der Waals surface area (Å²) < 4.78 is 49.9. The van der Waals surface area contributed by atoms with E-state index in [1.54, 1.807) is 6.07 Å². The number of alkyl halides is 3. The van der Waals surface area contributed by atoms with Gasteiger partial charge < -0.3 is 14.5 Å². The fourth-order valence-electron chi connectivity index (χ4n) is 3.45. The fraction of sp³-hybridized carbons (Fsp3) is 0.348. The van der Waals surface area contributed by atoms with Crippen LogP contribution in [0.25, 0.3) is 11.5 Å². The van der Waals surface area contributed by atoms with E-state index in [-0.39, 0.29) is 11.5 Å². The molecule has 4 rings (SSSR count). The molecule has 1 aliphatic rings. The van der Waals surface area contributed by atoms with Gasteiger partial charge in [0.2, 0.25) is 11.8 Å². The third-order valence-electron chi connectivity index (χ3n) is 4.98. The van der Waals surface area contributed by atoms with Gasteiger partial charge in [-0.3, -0.25) is 4.79 Å². The summed E-state index contributed by atoms with van der Waals surface area (Å²) in [6.07, 6.45) is -1.15. The normalized spacial score (nSPS) is 15.2. The third kappa shape index (κ3) is 5.47. The van der Waals surface area contributed by atoms with Crippen LogP contribution in [0, 0.1) is 0 Å². The van der Waals surface area contributed by atoms with Crippen molar-refractivity contribution in [2.45, 2.75) is 45.3 Å². The number of carbonyl (C=O) groups excluding carboxylic acids is 1. The molecular formula is C23H23ClF3N3O3. The highest BCUT2D eigenvalue weighted by molar-refractivity contribution is 6.33. The van der Waals surface area contributed by atoms with E-state index in [0.29, 0.717) is 40.8 Å². The lowest BCUT2D eigenvalue weighted by Gasteiger charge is -2.21. The Labute approximate surface area is 194 Å². The van der Waals surface area contributed by atoms with Crippen LogP contribution in [0.15, 0.2) is 40.9 Å². The number of hydrogen-bond acceptors (Lipinski definition) is 5. The number of methoxy groups -OCH3 is 1. The quantitative estimate of drug-likeness (QED) is 0.476. The summed E-state index contributed by atoms with van der Waals surface area (Å²) in [5.74, 6) is 0.444. The second kappa shape index (κ2) is 10.2. The first kappa shape index (κ1) is 24.6. The first-order valence-corrected chi connectivity index (χ1v) is 10.8. The van der Waals surface area contributed by atoms with Gasteiger partial charge in [0.05, 0.1) is 41.2 Å². The lowest BCUT2D eigenvalue weighted by molar-refractivity contribution is -0.137. The van der Waals surface area contributed by atoms with Crippen molar-refractivity contribution in [1.82, 2.24) is 15.3 Å². The molecule has 1 atom stereocenters. The van der Waals surface area contributed by atoms with Crippen LogP contribution in [0.2, 0.25) is 5.02 Å². The van der Waals surface area contributed by atoms with Gasteiger partial charge in [-0.15, -0.1) is 0 Å². The number of nitrogens with one attached hydrogen (secondary N) is 1. The predicted octanol–water partition coefficient (Wildman–Crippen LogP) is 6.25. The predicted molar refractivity (Wildman–Crippen MR) is 117 cm³/mol. The smallest absolute Gasteiger partial charge is 0.416 e. The van der Waals surface area contributed by atoms with Gasteiger partial charge in [0.1, 0.15) is 5.76 Å². The van der Waals surface area contributed by atoms with Crippen molar-refractivity contribution in [2.24, 2.45) is 0 Å². The lowest BCUT2D eigenvalue weighted by Crippen LogP contribution is -2.30. The molecule has 3 aromatic rings. The Morgan fingerprint density at radius 3 is 2.73 bits per heavy atom. The van der Waals surface area contributed by atoms with E-state index in [4.69, 9.17) is 20.8 Å². The van der Waals surface area contributed by atoms with Crippen molar-refractivity contribution in [3.8, 4) is 17.3 Å². The summed E-state index contributed by atoms with van der Waals surface area (Å²) in [6.45, 7) is 4.00. The fourth-order valence-corrected chi connectivity index (χ4v) is 3.63. The van der Waals surface area contributed by atoms with Crippen LogP contribution in [0.1, 0.15) is 60.1 Å². The third-order valence-corrected chi connectivity index (χ3v) is 5.28. The monoisotopic (exact) mass is 481 g/mol. The topological polar surface area (TPSA) is 77.3 Å². The Morgan fingerprint density at radius 1 is 1.27 bits per heavy atom. The Balaban J connectivity index is 0.00000149. The molecule has 2 heterocycles. The molecule has 1 aliphatic carbocycles. The van der Waals surface area contributed by atoms with E-state index >= 15 is 0 Å². The number of rotatable bonds is 4. The van der Waals surface area contributed by atoms with Crippen LogP contribution >= 0.6 is 11.6 Å². The molecule has 6 nitrogen and oxygen atoms in total. The van der Waals surface area contributed by atoms with Crippen LogP contribution in [0.5, 0.6) is 5.88 Å². The highest BCUT2D eigenvalue weighted by Crippen LogP contribution is 2.37. The van der Waals surface area contributed by atoms with Crippen molar-refractivity contribution >= 4 is 17.5 Å². The van der Waals surface area contributed by atoms with E-state index in [1.807, 2.05) is 13.8 Å². The molecule has 33 heavy (non-hydrogen) atoms. The van der Waals surface area contributed by atoms with E-state index < -0.39 is 23.7 Å². The van der Waals surface area contributed by atoms with Gasteiger partial charge in [-0.25, -0.2) is 9.97 Å². The maximum absolute atomic E-state index is 13.0. The standard InChI is InChI=1S/C21H17ClF3N3O3.C2H6/c1-30-17-9-13(14(22)10-26-17)20-28-16-7-3-6-15(18(16)31-20)27-19(29)11-4-2-5-12(8-11)21(23,24)25;1-2/h2,4-5,8-10,15H,3,6-7H2,1H3,(H,27,29);1-2H3. The summed E-state index contributed by atoms with van der Waals surface area (Å²) in [5, 5.41) is 3.09. The van der Waals surface area contributed by atoms with Crippen LogP contribution in [-0.4, -0.2) is 23.0 Å². The molecule has 176 valence electrons. The highest BCUT2D eigenvalue weighted by atomic mass is 35.5. The Kier molecular flexibility index (Phi) is 7.63. The number of benzene rings is 1. The SMILES string of the molecule is CC.COc1cc(-c2nc3c(o2)C(NC(=O)c2cccc(C(F)(F)F)c2)CCC3)c(Cl)cn1. The van der Waals surface area contributed by atoms with Crippen LogP contribution < -0.4 is 10.1 Å². The zero-order valence-corrected chi connectivity index (χ0v) is 19.0.